The molecule has 6 amide bonds. The molecule has 0 saturated carbocycles. The van der Waals surface area contributed by atoms with Crippen molar-refractivity contribution >= 4 is 154 Å². The van der Waals surface area contributed by atoms with Crippen LogP contribution in [0.5, 0.6) is 11.5 Å². The summed E-state index contributed by atoms with van der Waals surface area (Å²) in [5.41, 5.74) is 6.33. The van der Waals surface area contributed by atoms with Crippen molar-refractivity contribution in [2.45, 2.75) is 39.9 Å². The van der Waals surface area contributed by atoms with E-state index in [0.717, 1.165) is 20.6 Å². The Morgan fingerprint density at radius 1 is 0.547 bits per heavy atom. The number of carbonyl (C=O) groups is 7. The fourth-order valence-corrected chi connectivity index (χ4v) is 10.4. The maximum atomic E-state index is 13.2. The van der Waals surface area contributed by atoms with Crippen LogP contribution in [-0.2, 0) is 37.2 Å². The van der Waals surface area contributed by atoms with Crippen molar-refractivity contribution < 1.29 is 43.0 Å². The standard InChI is InChI=1S/C61H54Br2Cl4N10O9/c1-35-56(62)76-29-5-7-48(58(76)72-35)85-33-42-44(64)19-21-46(54(42)66)74(3)52(81)31-70-50(79)23-13-37-9-15-39(16-10-37)60(83)68-27-25-41(78)26-28-69-61(84)40-17-11-38(12-18-40)14-24-51(80)71-32-53(82)75(4)47-22-20-45(65)43(55(47)67)34-86-49-8-6-30-77-57(63)36(2)73-59(49)77/h5-24,29-30H,25-28,31-34H2,1-4H3,(H,68,83)(H,69,84)(H,70,79)(H,71,80). The van der Waals surface area contributed by atoms with Crippen LogP contribution in [0.2, 0.25) is 20.1 Å². The van der Waals surface area contributed by atoms with Crippen LogP contribution >= 0.6 is 78.3 Å². The zero-order chi connectivity index (χ0) is 61.8. The molecule has 444 valence electrons. The molecule has 0 unspecified atom stereocenters. The number of ether oxygens (including phenoxy) is 2. The van der Waals surface area contributed by atoms with E-state index >= 15 is 0 Å². The Kier molecular flexibility index (Phi) is 21.8. The smallest absolute Gasteiger partial charge is 0.251 e. The molecule has 25 heteroatoms. The van der Waals surface area contributed by atoms with Gasteiger partial charge in [0, 0.05) is 96.9 Å². The van der Waals surface area contributed by atoms with Gasteiger partial charge in [0.05, 0.1) is 45.9 Å². The molecule has 19 nitrogen and oxygen atoms in total. The third-order valence-corrected chi connectivity index (χ3v) is 16.8. The Morgan fingerprint density at radius 3 is 1.31 bits per heavy atom. The van der Waals surface area contributed by atoms with Crippen molar-refractivity contribution in [2.75, 3.05) is 50.1 Å². The topological polar surface area (TPSA) is 227 Å². The van der Waals surface area contributed by atoms with E-state index < -0.39 is 35.4 Å². The third kappa shape index (κ3) is 15.9. The summed E-state index contributed by atoms with van der Waals surface area (Å²) in [6, 6.07) is 26.5. The number of benzene rings is 4. The van der Waals surface area contributed by atoms with Crippen molar-refractivity contribution in [2.24, 2.45) is 0 Å². The first-order chi connectivity index (χ1) is 41.2. The second-order valence-corrected chi connectivity index (χ2v) is 22.3. The fourth-order valence-electron chi connectivity index (χ4n) is 8.48. The predicted octanol–water partition coefficient (Wildman–Crippen LogP) is 11.0. The van der Waals surface area contributed by atoms with Crippen LogP contribution in [0.15, 0.2) is 131 Å². The molecular formula is C61H54Br2Cl4N10O9. The average molecular weight is 1370 g/mol. The highest BCUT2D eigenvalue weighted by molar-refractivity contribution is 9.10. The van der Waals surface area contributed by atoms with Crippen molar-refractivity contribution in [1.29, 1.82) is 0 Å². The van der Waals surface area contributed by atoms with Gasteiger partial charge in [-0.25, -0.2) is 9.97 Å². The maximum absolute atomic E-state index is 13.2. The summed E-state index contributed by atoms with van der Waals surface area (Å²) in [7, 11) is 3.06. The first-order valence-corrected chi connectivity index (χ1v) is 29.5. The molecule has 0 saturated heterocycles. The lowest BCUT2D eigenvalue weighted by Crippen LogP contribution is -2.37. The van der Waals surface area contributed by atoms with Crippen LogP contribution in [-0.4, -0.2) is 100 Å². The lowest BCUT2D eigenvalue weighted by atomic mass is 10.1. The minimum atomic E-state index is -0.531. The number of halogens is 6. The molecule has 0 atom stereocenters. The second kappa shape index (κ2) is 29.4. The van der Waals surface area contributed by atoms with Crippen molar-refractivity contribution in [3.63, 3.8) is 0 Å². The largest absolute Gasteiger partial charge is 0.485 e. The number of carbonyl (C=O) groups excluding carboxylic acids is 7. The summed E-state index contributed by atoms with van der Waals surface area (Å²) in [6.07, 6.45) is 9.36. The van der Waals surface area contributed by atoms with E-state index in [1.807, 2.05) is 47.2 Å². The SMILES string of the molecule is Cc1nc2c(OCc3c(Cl)ccc(N(C)C(=O)CNC(=O)C=Cc4ccc(C(=O)NCCC(=O)CCNC(=O)c5ccc(C=CC(=O)NCC(=O)N(C)c6ccc(Cl)c(COc7cccn8c(Br)c(C)nc78)c6Cl)cc5)cc4)c3Cl)cccn2c1Br. The van der Waals surface area contributed by atoms with Crippen molar-refractivity contribution in [3.05, 3.63) is 196 Å². The maximum Gasteiger partial charge on any atom is 0.251 e. The lowest BCUT2D eigenvalue weighted by molar-refractivity contribution is -0.122. The summed E-state index contributed by atoms with van der Waals surface area (Å²) in [4.78, 5) is 102. The molecule has 0 aliphatic heterocycles. The molecule has 4 aromatic heterocycles. The van der Waals surface area contributed by atoms with E-state index in [2.05, 4.69) is 63.1 Å². The van der Waals surface area contributed by atoms with Gasteiger partial charge in [-0.2, -0.15) is 0 Å². The number of Topliss-reactive ketones (excluding diaryl/α,β-unsaturated/α-hetero) is 1. The van der Waals surface area contributed by atoms with E-state index in [1.54, 1.807) is 84.9 Å². The van der Waals surface area contributed by atoms with E-state index in [-0.39, 0.29) is 68.1 Å². The number of anilines is 2. The Balaban J connectivity index is 0.696. The monoisotopic (exact) mass is 1370 g/mol. The number of ketones is 1. The summed E-state index contributed by atoms with van der Waals surface area (Å²) < 4.78 is 17.5. The Hall–Kier alpha value is -8.05. The summed E-state index contributed by atoms with van der Waals surface area (Å²) >= 11 is 33.6. The zero-order valence-corrected chi connectivity index (χ0v) is 52.7. The highest BCUT2D eigenvalue weighted by Crippen LogP contribution is 2.37. The Bertz CT molecular complexity index is 3730. The fraction of sp³-hybridized carbons (Fsp3) is 0.197. The number of aryl methyl sites for hydroxylation is 2. The Morgan fingerprint density at radius 2 is 0.930 bits per heavy atom. The molecule has 8 aromatic rings. The van der Waals surface area contributed by atoms with Crippen LogP contribution in [0.1, 0.15) is 67.2 Å². The van der Waals surface area contributed by atoms with Crippen LogP contribution in [0.4, 0.5) is 11.4 Å². The molecule has 0 bridgehead atoms. The number of nitrogens with one attached hydrogen (secondary N) is 4. The number of fused-ring (bicyclic) bond motifs is 2. The highest BCUT2D eigenvalue weighted by Gasteiger charge is 2.23. The molecule has 86 heavy (non-hydrogen) atoms. The van der Waals surface area contributed by atoms with Gasteiger partial charge in [0.25, 0.3) is 11.8 Å². The van der Waals surface area contributed by atoms with Gasteiger partial charge in [0.15, 0.2) is 22.8 Å². The van der Waals surface area contributed by atoms with Crippen molar-refractivity contribution in [3.8, 4) is 11.5 Å². The lowest BCUT2D eigenvalue weighted by Gasteiger charge is -2.21. The first kappa shape index (κ1) is 64.0. The number of rotatable bonds is 24. The number of pyridine rings is 2. The summed E-state index contributed by atoms with van der Waals surface area (Å²) in [5.74, 6) is -1.92. The van der Waals surface area contributed by atoms with Crippen LogP contribution in [0, 0.1) is 13.8 Å². The van der Waals surface area contributed by atoms with Crippen LogP contribution in [0.25, 0.3) is 23.4 Å². The molecule has 4 heterocycles. The van der Waals surface area contributed by atoms with Gasteiger partial charge < -0.3 is 40.5 Å². The number of hydrogen-bond acceptors (Lipinski definition) is 11. The third-order valence-electron chi connectivity index (χ3n) is 13.4. The molecule has 0 fully saturated rings. The number of amides is 6. The second-order valence-electron chi connectivity index (χ2n) is 19.2. The van der Waals surface area contributed by atoms with Gasteiger partial charge in [-0.15, -0.1) is 0 Å². The molecule has 4 aromatic carbocycles. The minimum absolute atomic E-state index is 0.00374. The molecule has 0 aliphatic carbocycles. The predicted molar refractivity (Wildman–Crippen MR) is 340 cm³/mol. The quantitative estimate of drug-likeness (QED) is 0.0416. The van der Waals surface area contributed by atoms with Crippen LogP contribution in [0.3, 0.4) is 0 Å². The molecule has 0 radical (unpaired) electrons. The molecule has 0 spiro atoms. The number of aromatic nitrogens is 4. The van der Waals surface area contributed by atoms with Crippen molar-refractivity contribution in [1.82, 2.24) is 40.0 Å². The number of likely N-dealkylation sites (N-methyl/N-ethyl adjacent to an activating group) is 2. The summed E-state index contributed by atoms with van der Waals surface area (Å²) in [6.45, 7) is 3.22. The van der Waals surface area contributed by atoms with Gasteiger partial charge in [0.2, 0.25) is 23.6 Å². The molecule has 4 N–H and O–H groups in total. The van der Waals surface area contributed by atoms with E-state index in [0.29, 0.717) is 77.6 Å². The number of imidazole rings is 2. The Labute approximate surface area is 530 Å². The van der Waals surface area contributed by atoms with Crippen LogP contribution < -0.4 is 40.5 Å². The highest BCUT2D eigenvalue weighted by atomic mass is 79.9. The van der Waals surface area contributed by atoms with Gasteiger partial charge in [-0.1, -0.05) is 70.7 Å². The van der Waals surface area contributed by atoms with Gasteiger partial charge >= 0.3 is 0 Å². The molecule has 8 rings (SSSR count). The van der Waals surface area contributed by atoms with Gasteiger partial charge in [-0.05, 0) is 142 Å². The number of nitrogens with zero attached hydrogens (tertiary/aromatic N) is 6. The van der Waals surface area contributed by atoms with E-state index in [4.69, 9.17) is 55.9 Å². The molecular weight excluding hydrogens is 1320 g/mol. The van der Waals surface area contributed by atoms with Gasteiger partial charge in [0.1, 0.15) is 28.2 Å². The van der Waals surface area contributed by atoms with E-state index in [1.165, 1.54) is 48.2 Å². The average Bonchev–Trinajstić information content (AvgIpc) is 2.08. The zero-order valence-electron chi connectivity index (χ0n) is 46.5. The van der Waals surface area contributed by atoms with E-state index in [9.17, 15) is 33.6 Å². The first-order valence-electron chi connectivity index (χ1n) is 26.4. The molecule has 0 aliphatic rings. The minimum Gasteiger partial charge on any atom is -0.485 e. The normalized spacial score (nSPS) is 11.3. The van der Waals surface area contributed by atoms with Gasteiger partial charge in [-0.3, -0.25) is 42.4 Å². The number of hydrogen-bond donors (Lipinski definition) is 4. The summed E-state index contributed by atoms with van der Waals surface area (Å²) in [5, 5.41) is 11.7.